The Labute approximate surface area is 137 Å². The smallest absolute Gasteiger partial charge is 0.410 e. The first-order chi connectivity index (χ1) is 10.8. The third-order valence-electron chi connectivity index (χ3n) is 3.94. The second kappa shape index (κ2) is 7.29. The van der Waals surface area contributed by atoms with Gasteiger partial charge in [-0.15, -0.1) is 0 Å². The standard InChI is InChI=1S/C16H28N4O3/c1-5-7-20-14(17-11-18-20)9-13(21)12-6-8-19(10-12)15(22)23-16(2,3)4/h11-13,21H,5-10H2,1-4H3. The summed E-state index contributed by atoms with van der Waals surface area (Å²) in [5, 5.41) is 14.7. The molecular weight excluding hydrogens is 296 g/mol. The van der Waals surface area contributed by atoms with Crippen LogP contribution in [0.25, 0.3) is 0 Å². The van der Waals surface area contributed by atoms with Crippen molar-refractivity contribution in [3.63, 3.8) is 0 Å². The van der Waals surface area contributed by atoms with Crippen molar-refractivity contribution in [2.75, 3.05) is 13.1 Å². The molecule has 1 N–H and O–H groups in total. The Balaban J connectivity index is 1.88. The van der Waals surface area contributed by atoms with Gasteiger partial charge in [0.15, 0.2) is 0 Å². The van der Waals surface area contributed by atoms with Crippen molar-refractivity contribution in [1.82, 2.24) is 19.7 Å². The van der Waals surface area contributed by atoms with E-state index in [0.29, 0.717) is 19.5 Å². The molecular formula is C16H28N4O3. The highest BCUT2D eigenvalue weighted by Gasteiger charge is 2.33. The lowest BCUT2D eigenvalue weighted by Gasteiger charge is -2.25. The van der Waals surface area contributed by atoms with Crippen LogP contribution in [0.1, 0.15) is 46.4 Å². The molecule has 1 saturated heterocycles. The summed E-state index contributed by atoms with van der Waals surface area (Å²) in [6, 6.07) is 0. The molecule has 1 aromatic heterocycles. The first-order valence-corrected chi connectivity index (χ1v) is 8.33. The number of hydrogen-bond acceptors (Lipinski definition) is 5. The van der Waals surface area contributed by atoms with E-state index >= 15 is 0 Å². The molecule has 130 valence electrons. The van der Waals surface area contributed by atoms with Gasteiger partial charge in [-0.2, -0.15) is 5.10 Å². The van der Waals surface area contributed by atoms with Crippen LogP contribution < -0.4 is 0 Å². The molecule has 23 heavy (non-hydrogen) atoms. The molecule has 0 aromatic carbocycles. The van der Waals surface area contributed by atoms with Gasteiger partial charge in [0.1, 0.15) is 17.8 Å². The number of carbonyl (C=O) groups excluding carboxylic acids is 1. The highest BCUT2D eigenvalue weighted by molar-refractivity contribution is 5.68. The third kappa shape index (κ3) is 4.92. The molecule has 1 aromatic rings. The maximum absolute atomic E-state index is 12.1. The Morgan fingerprint density at radius 2 is 2.26 bits per heavy atom. The third-order valence-corrected chi connectivity index (χ3v) is 3.94. The van der Waals surface area contributed by atoms with Gasteiger partial charge in [0.2, 0.25) is 0 Å². The molecule has 7 heteroatoms. The van der Waals surface area contributed by atoms with Crippen molar-refractivity contribution in [3.8, 4) is 0 Å². The molecule has 1 aliphatic heterocycles. The number of aromatic nitrogens is 3. The van der Waals surface area contributed by atoms with E-state index in [2.05, 4.69) is 17.0 Å². The molecule has 0 saturated carbocycles. The molecule has 2 heterocycles. The second-order valence-electron chi connectivity index (χ2n) is 7.15. The molecule has 1 aliphatic rings. The predicted octanol–water partition coefficient (Wildman–Crippen LogP) is 1.85. The zero-order chi connectivity index (χ0) is 17.0. The van der Waals surface area contributed by atoms with E-state index in [1.807, 2.05) is 25.5 Å². The highest BCUT2D eigenvalue weighted by atomic mass is 16.6. The van der Waals surface area contributed by atoms with Crippen LogP contribution in [-0.4, -0.2) is 55.7 Å². The van der Waals surface area contributed by atoms with Crippen molar-refractivity contribution in [2.24, 2.45) is 5.92 Å². The largest absolute Gasteiger partial charge is 0.444 e. The van der Waals surface area contributed by atoms with Crippen LogP contribution in [0.3, 0.4) is 0 Å². The molecule has 0 radical (unpaired) electrons. The molecule has 1 fully saturated rings. The van der Waals surface area contributed by atoms with E-state index in [4.69, 9.17) is 4.74 Å². The maximum atomic E-state index is 12.1. The molecule has 1 amide bonds. The van der Waals surface area contributed by atoms with Crippen molar-refractivity contribution >= 4 is 6.09 Å². The highest BCUT2D eigenvalue weighted by Crippen LogP contribution is 2.23. The van der Waals surface area contributed by atoms with E-state index in [1.54, 1.807) is 4.90 Å². The van der Waals surface area contributed by atoms with E-state index in [1.165, 1.54) is 6.33 Å². The summed E-state index contributed by atoms with van der Waals surface area (Å²) in [4.78, 5) is 18.0. The molecule has 2 unspecified atom stereocenters. The topological polar surface area (TPSA) is 80.5 Å². The van der Waals surface area contributed by atoms with Crippen molar-refractivity contribution in [3.05, 3.63) is 12.2 Å². The minimum atomic E-state index is -0.526. The quantitative estimate of drug-likeness (QED) is 0.894. The SMILES string of the molecule is CCCn1ncnc1CC(O)C1CCN(C(=O)OC(C)(C)C)C1. The van der Waals surface area contributed by atoms with Gasteiger partial charge in [-0.3, -0.25) is 4.68 Å². The average molecular weight is 324 g/mol. The first kappa shape index (κ1) is 17.7. The van der Waals surface area contributed by atoms with Gasteiger partial charge >= 0.3 is 6.09 Å². The number of carbonyl (C=O) groups is 1. The lowest BCUT2D eigenvalue weighted by molar-refractivity contribution is 0.0268. The second-order valence-corrected chi connectivity index (χ2v) is 7.15. The number of aryl methyl sites for hydroxylation is 1. The fourth-order valence-electron chi connectivity index (χ4n) is 2.79. The van der Waals surface area contributed by atoms with Crippen LogP contribution in [0.5, 0.6) is 0 Å². The summed E-state index contributed by atoms with van der Waals surface area (Å²) in [5.74, 6) is 0.851. The Morgan fingerprint density at radius 3 is 2.91 bits per heavy atom. The number of aliphatic hydroxyl groups is 1. The van der Waals surface area contributed by atoms with E-state index in [9.17, 15) is 9.90 Å². The normalized spacial score (nSPS) is 19.9. The lowest BCUT2D eigenvalue weighted by Crippen LogP contribution is -2.36. The molecule has 0 aliphatic carbocycles. The number of hydrogen-bond donors (Lipinski definition) is 1. The number of ether oxygens (including phenoxy) is 1. The van der Waals surface area contributed by atoms with E-state index in [-0.39, 0.29) is 12.0 Å². The Hall–Kier alpha value is -1.63. The number of likely N-dealkylation sites (tertiary alicyclic amines) is 1. The Kier molecular flexibility index (Phi) is 5.62. The molecule has 7 nitrogen and oxygen atoms in total. The number of aliphatic hydroxyl groups excluding tert-OH is 1. The summed E-state index contributed by atoms with van der Waals surface area (Å²) in [7, 11) is 0. The van der Waals surface area contributed by atoms with Crippen LogP contribution in [-0.2, 0) is 17.7 Å². The average Bonchev–Trinajstić information content (AvgIpc) is 3.07. The first-order valence-electron chi connectivity index (χ1n) is 8.33. The van der Waals surface area contributed by atoms with Crippen LogP contribution >= 0.6 is 0 Å². The zero-order valence-electron chi connectivity index (χ0n) is 14.5. The van der Waals surface area contributed by atoms with Gasteiger partial charge in [-0.25, -0.2) is 9.78 Å². The summed E-state index contributed by atoms with van der Waals surface area (Å²) in [6.45, 7) is 9.60. The Morgan fingerprint density at radius 1 is 1.52 bits per heavy atom. The molecule has 0 bridgehead atoms. The van der Waals surface area contributed by atoms with Crippen LogP contribution in [0.2, 0.25) is 0 Å². The van der Waals surface area contributed by atoms with Gasteiger partial charge < -0.3 is 14.7 Å². The summed E-state index contributed by atoms with van der Waals surface area (Å²) in [5.41, 5.74) is -0.496. The van der Waals surface area contributed by atoms with Gasteiger partial charge in [-0.1, -0.05) is 6.92 Å². The minimum Gasteiger partial charge on any atom is -0.444 e. The van der Waals surface area contributed by atoms with Crippen LogP contribution in [0, 0.1) is 5.92 Å². The zero-order valence-corrected chi connectivity index (χ0v) is 14.5. The minimum absolute atomic E-state index is 0.0503. The number of amides is 1. The summed E-state index contributed by atoms with van der Waals surface area (Å²) < 4.78 is 7.22. The maximum Gasteiger partial charge on any atom is 0.410 e. The van der Waals surface area contributed by atoms with Crippen molar-refractivity contribution in [2.45, 2.75) is 65.2 Å². The predicted molar refractivity (Wildman–Crippen MR) is 85.9 cm³/mol. The van der Waals surface area contributed by atoms with Crippen LogP contribution in [0.4, 0.5) is 4.79 Å². The number of nitrogens with zero attached hydrogens (tertiary/aromatic N) is 4. The van der Waals surface area contributed by atoms with Gasteiger partial charge in [-0.05, 0) is 33.6 Å². The molecule has 2 atom stereocenters. The van der Waals surface area contributed by atoms with Crippen LogP contribution in [0.15, 0.2) is 6.33 Å². The monoisotopic (exact) mass is 324 g/mol. The van der Waals surface area contributed by atoms with Gasteiger partial charge in [0.25, 0.3) is 0 Å². The van der Waals surface area contributed by atoms with Crippen molar-refractivity contribution in [1.29, 1.82) is 0 Å². The lowest BCUT2D eigenvalue weighted by atomic mass is 9.99. The Bertz CT molecular complexity index is 524. The van der Waals surface area contributed by atoms with E-state index < -0.39 is 11.7 Å². The van der Waals surface area contributed by atoms with E-state index in [0.717, 1.165) is 25.2 Å². The fourth-order valence-corrected chi connectivity index (χ4v) is 2.79. The van der Waals surface area contributed by atoms with Crippen molar-refractivity contribution < 1.29 is 14.6 Å². The fraction of sp³-hybridized carbons (Fsp3) is 0.812. The number of rotatable bonds is 5. The van der Waals surface area contributed by atoms with Gasteiger partial charge in [0, 0.05) is 32.0 Å². The molecule has 2 rings (SSSR count). The summed E-state index contributed by atoms with van der Waals surface area (Å²) in [6.07, 6.45) is 2.92. The van der Waals surface area contributed by atoms with Gasteiger partial charge in [0.05, 0.1) is 6.10 Å². The molecule has 0 spiro atoms. The summed E-state index contributed by atoms with van der Waals surface area (Å²) >= 11 is 0.